The van der Waals surface area contributed by atoms with Gasteiger partial charge in [-0.2, -0.15) is 0 Å². The van der Waals surface area contributed by atoms with Gasteiger partial charge in [-0.3, -0.25) is 0 Å². The SMILES string of the molecule is O=C(Oc1cccs1)C(O)c1cccs1.[H-].[Na+]. The van der Waals surface area contributed by atoms with Crippen LogP contribution in [0.25, 0.3) is 0 Å². The Hall–Kier alpha value is -0.170. The zero-order valence-electron chi connectivity index (χ0n) is 9.62. The molecule has 0 aromatic carbocycles. The molecule has 1 atom stereocenters. The van der Waals surface area contributed by atoms with E-state index in [-0.39, 0.29) is 31.0 Å². The summed E-state index contributed by atoms with van der Waals surface area (Å²) < 4.78 is 4.98. The first-order chi connectivity index (χ1) is 7.27. The number of esters is 1. The van der Waals surface area contributed by atoms with Gasteiger partial charge < -0.3 is 11.3 Å². The molecule has 2 heterocycles. The minimum atomic E-state index is -1.19. The second-order valence-corrected chi connectivity index (χ2v) is 4.66. The largest absolute Gasteiger partial charge is 1.00 e. The topological polar surface area (TPSA) is 46.5 Å². The summed E-state index contributed by atoms with van der Waals surface area (Å²) in [5.41, 5.74) is 0. The Labute approximate surface area is 124 Å². The fraction of sp³-hybridized carbons (Fsp3) is 0.100. The number of carbonyl (C=O) groups is 1. The van der Waals surface area contributed by atoms with Crippen molar-refractivity contribution in [1.29, 1.82) is 0 Å². The summed E-state index contributed by atoms with van der Waals surface area (Å²) in [6, 6.07) is 6.95. The van der Waals surface area contributed by atoms with E-state index in [1.54, 1.807) is 35.0 Å². The number of thiophene rings is 2. The molecule has 0 saturated carbocycles. The number of hydrogen-bond donors (Lipinski definition) is 1. The molecule has 0 aliphatic carbocycles. The molecule has 80 valence electrons. The Kier molecular flexibility index (Phi) is 5.68. The molecule has 1 N–H and O–H groups in total. The van der Waals surface area contributed by atoms with Crippen LogP contribution in [-0.2, 0) is 4.79 Å². The van der Waals surface area contributed by atoms with E-state index in [1.807, 2.05) is 0 Å². The fourth-order valence-electron chi connectivity index (χ4n) is 1.04. The predicted octanol–water partition coefficient (Wildman–Crippen LogP) is -0.435. The van der Waals surface area contributed by atoms with Gasteiger partial charge in [0.05, 0.1) is 0 Å². The number of hydrogen-bond acceptors (Lipinski definition) is 5. The summed E-state index contributed by atoms with van der Waals surface area (Å²) in [4.78, 5) is 12.0. The molecule has 2 aromatic rings. The van der Waals surface area contributed by atoms with Crippen molar-refractivity contribution >= 4 is 28.6 Å². The Morgan fingerprint density at radius 2 is 2.00 bits per heavy atom. The van der Waals surface area contributed by atoms with Crippen LogP contribution in [-0.4, -0.2) is 11.1 Å². The molecule has 2 aromatic heterocycles. The molecule has 1 unspecified atom stereocenters. The first-order valence-corrected chi connectivity index (χ1v) is 6.00. The van der Waals surface area contributed by atoms with E-state index >= 15 is 0 Å². The number of carbonyl (C=O) groups excluding carboxylic acids is 1. The van der Waals surface area contributed by atoms with E-state index in [0.717, 1.165) is 0 Å². The van der Waals surface area contributed by atoms with E-state index in [2.05, 4.69) is 0 Å². The van der Waals surface area contributed by atoms with Crippen molar-refractivity contribution in [3.05, 3.63) is 39.9 Å². The van der Waals surface area contributed by atoms with E-state index in [0.29, 0.717) is 9.94 Å². The van der Waals surface area contributed by atoms with Crippen LogP contribution in [0.15, 0.2) is 35.0 Å². The average molecular weight is 264 g/mol. The van der Waals surface area contributed by atoms with E-state index < -0.39 is 12.1 Å². The third-order valence-electron chi connectivity index (χ3n) is 1.73. The van der Waals surface area contributed by atoms with Gasteiger partial charge in [0.1, 0.15) is 0 Å². The fourth-order valence-corrected chi connectivity index (χ4v) is 2.31. The first-order valence-electron chi connectivity index (χ1n) is 4.24. The van der Waals surface area contributed by atoms with Crippen molar-refractivity contribution < 1.29 is 45.6 Å². The summed E-state index contributed by atoms with van der Waals surface area (Å²) in [7, 11) is 0. The van der Waals surface area contributed by atoms with Crippen molar-refractivity contribution in [3.63, 3.8) is 0 Å². The van der Waals surface area contributed by atoms with Gasteiger partial charge in [-0.05, 0) is 29.0 Å². The number of rotatable bonds is 3. The van der Waals surface area contributed by atoms with Crippen LogP contribution in [0.2, 0.25) is 0 Å². The molecule has 0 fully saturated rings. The Morgan fingerprint density at radius 1 is 1.31 bits per heavy atom. The van der Waals surface area contributed by atoms with Gasteiger partial charge >= 0.3 is 35.5 Å². The van der Waals surface area contributed by atoms with E-state index in [9.17, 15) is 9.90 Å². The van der Waals surface area contributed by atoms with Crippen LogP contribution in [0.5, 0.6) is 5.06 Å². The maximum absolute atomic E-state index is 11.4. The monoisotopic (exact) mass is 264 g/mol. The van der Waals surface area contributed by atoms with Crippen LogP contribution in [0, 0.1) is 0 Å². The zero-order valence-corrected chi connectivity index (χ0v) is 12.3. The average Bonchev–Trinajstić information content (AvgIpc) is 2.88. The van der Waals surface area contributed by atoms with Gasteiger partial charge in [0.15, 0.2) is 11.2 Å². The second kappa shape index (κ2) is 6.54. The third kappa shape index (κ3) is 3.41. The number of aliphatic hydroxyl groups excluding tert-OH is 1. The van der Waals surface area contributed by atoms with E-state index in [1.165, 1.54) is 22.7 Å². The van der Waals surface area contributed by atoms with Crippen molar-refractivity contribution in [2.24, 2.45) is 0 Å². The summed E-state index contributed by atoms with van der Waals surface area (Å²) in [5, 5.41) is 13.7. The molecule has 0 spiro atoms. The number of ether oxygens (including phenoxy) is 1. The molecular formula is C10H9NaO3S2. The van der Waals surface area contributed by atoms with Crippen molar-refractivity contribution in [2.75, 3.05) is 0 Å². The molecule has 0 aliphatic heterocycles. The smallest absolute Gasteiger partial charge is 1.00 e. The maximum Gasteiger partial charge on any atom is 1.00 e. The maximum atomic E-state index is 11.4. The summed E-state index contributed by atoms with van der Waals surface area (Å²) in [5.74, 6) is -0.639. The zero-order chi connectivity index (χ0) is 10.7. The molecule has 0 saturated heterocycles. The van der Waals surface area contributed by atoms with Crippen molar-refractivity contribution in [1.82, 2.24) is 0 Å². The van der Waals surface area contributed by atoms with Crippen LogP contribution >= 0.6 is 22.7 Å². The second-order valence-electron chi connectivity index (χ2n) is 2.77. The van der Waals surface area contributed by atoms with Gasteiger partial charge in [0, 0.05) is 4.88 Å². The number of aliphatic hydroxyl groups is 1. The summed E-state index contributed by atoms with van der Waals surface area (Å²) in [6.07, 6.45) is -1.19. The molecule has 0 amide bonds. The van der Waals surface area contributed by atoms with Crippen LogP contribution < -0.4 is 34.3 Å². The van der Waals surface area contributed by atoms with Crippen molar-refractivity contribution in [3.8, 4) is 5.06 Å². The van der Waals surface area contributed by atoms with Crippen LogP contribution in [0.1, 0.15) is 12.4 Å². The molecule has 0 bridgehead atoms. The van der Waals surface area contributed by atoms with E-state index in [4.69, 9.17) is 4.74 Å². The Balaban J connectivity index is 0.00000128. The molecule has 16 heavy (non-hydrogen) atoms. The Bertz CT molecular complexity index is 430. The quantitative estimate of drug-likeness (QED) is 0.604. The molecule has 2 rings (SSSR count). The van der Waals surface area contributed by atoms with Crippen LogP contribution in [0.4, 0.5) is 0 Å². The van der Waals surface area contributed by atoms with Gasteiger partial charge in [0.25, 0.3) is 0 Å². The third-order valence-corrected chi connectivity index (χ3v) is 3.40. The molecule has 3 nitrogen and oxygen atoms in total. The molecule has 0 radical (unpaired) electrons. The predicted molar refractivity (Wildman–Crippen MR) is 60.3 cm³/mol. The first kappa shape index (κ1) is 13.9. The van der Waals surface area contributed by atoms with Gasteiger partial charge in [-0.1, -0.05) is 6.07 Å². The normalized spacial score (nSPS) is 11.6. The summed E-state index contributed by atoms with van der Waals surface area (Å²) in [6.45, 7) is 0. The summed E-state index contributed by atoms with van der Waals surface area (Å²) >= 11 is 2.64. The van der Waals surface area contributed by atoms with Crippen molar-refractivity contribution in [2.45, 2.75) is 6.10 Å². The molecule has 6 heteroatoms. The van der Waals surface area contributed by atoms with Crippen LogP contribution in [0.3, 0.4) is 0 Å². The van der Waals surface area contributed by atoms with Gasteiger partial charge in [-0.15, -0.1) is 22.7 Å². The molecular weight excluding hydrogens is 255 g/mol. The minimum absolute atomic E-state index is 0. The minimum Gasteiger partial charge on any atom is -1.00 e. The van der Waals surface area contributed by atoms with Gasteiger partial charge in [-0.25, -0.2) is 4.79 Å². The molecule has 0 aliphatic rings. The standard InChI is InChI=1S/C10H8O3S2.Na.H/c11-9(7-3-1-5-14-7)10(12)13-8-4-2-6-15-8;;/h1-6,9,11H;;/q;+1;-1. The van der Waals surface area contributed by atoms with Gasteiger partial charge in [0.2, 0.25) is 0 Å². The Morgan fingerprint density at radius 3 is 2.56 bits per heavy atom.